The largest absolute Gasteiger partial charge is 0.387 e. The van der Waals surface area contributed by atoms with Crippen molar-refractivity contribution in [3.05, 3.63) is 39.9 Å². The van der Waals surface area contributed by atoms with Crippen LogP contribution in [0, 0.1) is 15.5 Å². The Morgan fingerprint density at radius 3 is 2.24 bits per heavy atom. The van der Waals surface area contributed by atoms with Gasteiger partial charge in [0.2, 0.25) is 20.0 Å². The molecule has 4 saturated heterocycles. The zero-order valence-electron chi connectivity index (χ0n) is 11.8. The van der Waals surface area contributed by atoms with Crippen LogP contribution in [0.2, 0.25) is 0 Å². The van der Waals surface area contributed by atoms with Gasteiger partial charge in [0.1, 0.15) is 31.2 Å². The smallest absolute Gasteiger partial charge is 0.269 e. The van der Waals surface area contributed by atoms with Crippen molar-refractivity contribution in [2.45, 2.75) is 6.10 Å². The molecule has 0 radical (unpaired) electrons. The van der Waals surface area contributed by atoms with Crippen LogP contribution in [0.1, 0.15) is 11.7 Å². The Bertz CT molecular complexity index is 556. The summed E-state index contributed by atoms with van der Waals surface area (Å²) in [5.74, 6) is 0. The second kappa shape index (κ2) is 4.48. The third-order valence-corrected chi connectivity index (χ3v) is 5.28. The minimum Gasteiger partial charge on any atom is -0.387 e. The number of hydrogen-bond acceptors (Lipinski definition) is 3. The number of nitrogens with one attached hydrogen (secondary N) is 3. The Morgan fingerprint density at radius 1 is 1.14 bits per heavy atom. The van der Waals surface area contributed by atoms with Crippen LogP contribution in [0.25, 0.3) is 0 Å². The van der Waals surface area contributed by atoms with Gasteiger partial charge in [0.15, 0.2) is 0 Å². The van der Waals surface area contributed by atoms with Crippen LogP contribution in [-0.2, 0) is 0 Å². The number of benzene rings is 1. The van der Waals surface area contributed by atoms with Crippen LogP contribution >= 0.6 is 0 Å². The Balaban J connectivity index is 1.66. The van der Waals surface area contributed by atoms with E-state index in [-0.39, 0.29) is 11.1 Å². The standard InChI is InChI=1S/C14H18N4O3/c19-13(11-2-1-3-12(4-11)18(20)21)14-5-15-8-16(6-14)10-17(7-14)9-15/h1-4,13,19H,5-10H2/p+3/t13-/m0/s1. The quantitative estimate of drug-likeness (QED) is 0.341. The maximum absolute atomic E-state index is 10.9. The zero-order chi connectivity index (χ0) is 14.6. The normalized spacial score (nSPS) is 38.4. The Kier molecular flexibility index (Phi) is 2.80. The number of quaternary nitrogens is 3. The third-order valence-electron chi connectivity index (χ3n) is 5.28. The molecule has 0 amide bonds. The number of non-ortho nitro benzene ring substituents is 1. The molecule has 5 rings (SSSR count). The highest BCUT2D eigenvalue weighted by Crippen LogP contribution is 2.34. The molecule has 4 fully saturated rings. The summed E-state index contributed by atoms with van der Waals surface area (Å²) in [5, 5.41) is 21.9. The van der Waals surface area contributed by atoms with E-state index in [9.17, 15) is 15.2 Å². The van der Waals surface area contributed by atoms with E-state index in [1.54, 1.807) is 20.8 Å². The summed E-state index contributed by atoms with van der Waals surface area (Å²) in [5.41, 5.74) is 0.612. The summed E-state index contributed by atoms with van der Waals surface area (Å²) < 4.78 is 0. The molecule has 1 aromatic rings. The van der Waals surface area contributed by atoms with Crippen molar-refractivity contribution < 1.29 is 24.7 Å². The van der Waals surface area contributed by atoms with E-state index >= 15 is 0 Å². The van der Waals surface area contributed by atoms with Crippen molar-refractivity contribution in [1.82, 2.24) is 0 Å². The minimum absolute atomic E-state index is 0.0595. The van der Waals surface area contributed by atoms with Gasteiger partial charge in [-0.15, -0.1) is 0 Å². The molecule has 112 valence electrons. The van der Waals surface area contributed by atoms with Crippen molar-refractivity contribution in [2.75, 3.05) is 39.6 Å². The maximum Gasteiger partial charge on any atom is 0.269 e. The molecule has 4 aliphatic rings. The number of nitro groups is 1. The Morgan fingerprint density at radius 2 is 1.71 bits per heavy atom. The van der Waals surface area contributed by atoms with Gasteiger partial charge in [-0.1, -0.05) is 12.1 Å². The van der Waals surface area contributed by atoms with Gasteiger partial charge in [0.05, 0.1) is 4.92 Å². The monoisotopic (exact) mass is 293 g/mol. The van der Waals surface area contributed by atoms with Gasteiger partial charge in [-0.3, -0.25) is 10.1 Å². The van der Waals surface area contributed by atoms with Crippen LogP contribution in [0.3, 0.4) is 0 Å². The number of rotatable bonds is 3. The molecule has 7 nitrogen and oxygen atoms in total. The number of hydrogen-bond donors (Lipinski definition) is 4. The second-order valence-electron chi connectivity index (χ2n) is 6.93. The van der Waals surface area contributed by atoms with E-state index in [0.717, 1.165) is 39.6 Å². The van der Waals surface area contributed by atoms with Gasteiger partial charge in [0.25, 0.3) is 5.69 Å². The average Bonchev–Trinajstić information content (AvgIpc) is 2.45. The molecule has 0 aromatic heterocycles. The van der Waals surface area contributed by atoms with Crippen LogP contribution < -0.4 is 14.7 Å². The molecule has 7 heteroatoms. The van der Waals surface area contributed by atoms with Crippen molar-refractivity contribution in [3.63, 3.8) is 0 Å². The molecule has 0 spiro atoms. The lowest BCUT2D eigenvalue weighted by Crippen LogP contribution is -3.55. The number of aliphatic hydroxyl groups excluding tert-OH is 1. The lowest BCUT2D eigenvalue weighted by molar-refractivity contribution is -1.30. The van der Waals surface area contributed by atoms with Gasteiger partial charge in [-0.05, 0) is 5.56 Å². The molecule has 1 atom stereocenters. The molecule has 4 bridgehead atoms. The van der Waals surface area contributed by atoms with Gasteiger partial charge in [-0.25, -0.2) is 14.7 Å². The van der Waals surface area contributed by atoms with E-state index < -0.39 is 11.0 Å². The molecular weight excluding hydrogens is 272 g/mol. The summed E-state index contributed by atoms with van der Waals surface area (Å²) in [6.07, 6.45) is -0.613. The highest BCUT2D eigenvalue weighted by molar-refractivity contribution is 5.36. The molecular formula is C14H21N4O3+3. The first-order chi connectivity index (χ1) is 10.1. The van der Waals surface area contributed by atoms with Gasteiger partial charge in [-0.2, -0.15) is 0 Å². The Hall–Kier alpha value is -1.54. The fraction of sp³-hybridized carbons (Fsp3) is 0.571. The Labute approximate surface area is 122 Å². The predicted octanol–water partition coefficient (Wildman–Crippen LogP) is -3.82. The number of nitro benzene ring substituents is 1. The first-order valence-corrected chi connectivity index (χ1v) is 7.49. The molecule has 0 aliphatic carbocycles. The van der Waals surface area contributed by atoms with Crippen molar-refractivity contribution in [2.24, 2.45) is 5.41 Å². The molecule has 0 saturated carbocycles. The van der Waals surface area contributed by atoms with Gasteiger partial charge in [0, 0.05) is 12.1 Å². The molecule has 1 aromatic carbocycles. The number of nitrogens with zero attached hydrogens (tertiary/aromatic N) is 1. The highest BCUT2D eigenvalue weighted by atomic mass is 16.6. The van der Waals surface area contributed by atoms with Crippen molar-refractivity contribution in [1.29, 1.82) is 0 Å². The summed E-state index contributed by atoms with van der Waals surface area (Å²) >= 11 is 0. The topological polar surface area (TPSA) is 76.7 Å². The maximum atomic E-state index is 10.9. The molecule has 4 aliphatic heterocycles. The van der Waals surface area contributed by atoms with Crippen LogP contribution in [0.15, 0.2) is 24.3 Å². The zero-order valence-corrected chi connectivity index (χ0v) is 11.8. The van der Waals surface area contributed by atoms with E-state index in [1.165, 1.54) is 12.1 Å². The van der Waals surface area contributed by atoms with Crippen molar-refractivity contribution in [3.8, 4) is 0 Å². The van der Waals surface area contributed by atoms with E-state index in [1.807, 2.05) is 6.07 Å². The van der Waals surface area contributed by atoms with Gasteiger partial charge >= 0.3 is 0 Å². The van der Waals surface area contributed by atoms with Gasteiger partial charge < -0.3 is 5.11 Å². The SMILES string of the molecule is O=[N+]([O-])c1cccc([C@H](O)C23C[NH+]4C[NH+](C[NH+](C4)C2)C3)c1. The molecule has 0 unspecified atom stereocenters. The average molecular weight is 293 g/mol. The third kappa shape index (κ3) is 2.04. The molecule has 4 heterocycles. The van der Waals surface area contributed by atoms with E-state index in [0.29, 0.717) is 5.56 Å². The van der Waals surface area contributed by atoms with Crippen LogP contribution in [-0.4, -0.2) is 49.7 Å². The number of aliphatic hydroxyl groups is 1. The summed E-state index contributed by atoms with van der Waals surface area (Å²) in [4.78, 5) is 15.2. The van der Waals surface area contributed by atoms with Crippen molar-refractivity contribution >= 4 is 5.69 Å². The minimum atomic E-state index is -0.613. The second-order valence-corrected chi connectivity index (χ2v) is 6.93. The summed E-state index contributed by atoms with van der Waals surface area (Å²) in [6.45, 7) is 6.37. The lowest BCUT2D eigenvalue weighted by Gasteiger charge is -2.53. The fourth-order valence-corrected chi connectivity index (χ4v) is 4.76. The predicted molar refractivity (Wildman–Crippen MR) is 72.6 cm³/mol. The fourth-order valence-electron chi connectivity index (χ4n) is 4.76. The first kappa shape index (κ1) is 13.1. The highest BCUT2D eigenvalue weighted by Gasteiger charge is 2.60. The van der Waals surface area contributed by atoms with Crippen LogP contribution in [0.4, 0.5) is 5.69 Å². The molecule has 21 heavy (non-hydrogen) atoms. The lowest BCUT2D eigenvalue weighted by atomic mass is 9.74. The summed E-state index contributed by atoms with van der Waals surface area (Å²) in [7, 11) is 0. The van der Waals surface area contributed by atoms with E-state index in [4.69, 9.17) is 0 Å². The molecule has 4 N–H and O–H groups in total. The first-order valence-electron chi connectivity index (χ1n) is 7.49. The van der Waals surface area contributed by atoms with Crippen LogP contribution in [0.5, 0.6) is 0 Å². The summed E-state index contributed by atoms with van der Waals surface area (Å²) in [6, 6.07) is 6.50. The van der Waals surface area contributed by atoms with E-state index in [2.05, 4.69) is 0 Å².